The lowest BCUT2D eigenvalue weighted by atomic mass is 9.88. The molecule has 29 heavy (non-hydrogen) atoms. The van der Waals surface area contributed by atoms with Crippen LogP contribution in [0.1, 0.15) is 35.6 Å². The Kier molecular flexibility index (Phi) is 7.33. The molecule has 3 aromatic rings. The molecule has 0 unspecified atom stereocenters. The van der Waals surface area contributed by atoms with Gasteiger partial charge in [-0.25, -0.2) is 13.8 Å². The van der Waals surface area contributed by atoms with E-state index in [0.717, 1.165) is 29.7 Å². The Morgan fingerprint density at radius 1 is 1.03 bits per heavy atom. The topological polar surface area (TPSA) is 79.1 Å². The predicted octanol–water partition coefficient (Wildman–Crippen LogP) is 3.75. The first-order chi connectivity index (χ1) is 14.1. The van der Waals surface area contributed by atoms with E-state index in [1.807, 2.05) is 0 Å². The van der Waals surface area contributed by atoms with Crippen molar-refractivity contribution in [1.82, 2.24) is 15.3 Å². The first kappa shape index (κ1) is 20.5. The molecular formula is C22H25F2N5. The maximum atomic E-state index is 13.3. The maximum absolute atomic E-state index is 13.3. The van der Waals surface area contributed by atoms with E-state index in [4.69, 9.17) is 5.73 Å². The molecule has 2 aromatic carbocycles. The Morgan fingerprint density at radius 2 is 1.66 bits per heavy atom. The minimum Gasteiger partial charge on any atom is -0.370 e. The first-order valence-corrected chi connectivity index (χ1v) is 9.64. The van der Waals surface area contributed by atoms with Crippen molar-refractivity contribution in [3.8, 4) is 0 Å². The molecule has 0 radical (unpaired) electrons. The van der Waals surface area contributed by atoms with Gasteiger partial charge in [-0.1, -0.05) is 24.3 Å². The number of guanidine groups is 1. The molecule has 5 nitrogen and oxygen atoms in total. The van der Waals surface area contributed by atoms with Gasteiger partial charge in [0.25, 0.3) is 0 Å². The van der Waals surface area contributed by atoms with E-state index in [1.54, 1.807) is 36.8 Å². The molecule has 4 N–H and O–H groups in total. The largest absolute Gasteiger partial charge is 0.370 e. The van der Waals surface area contributed by atoms with Crippen molar-refractivity contribution in [2.24, 2.45) is 10.7 Å². The summed E-state index contributed by atoms with van der Waals surface area (Å²) in [6, 6.07) is 12.8. The van der Waals surface area contributed by atoms with Gasteiger partial charge in [0.1, 0.15) is 11.6 Å². The molecule has 0 saturated carbocycles. The number of aromatic nitrogens is 2. The Morgan fingerprint density at radius 3 is 2.21 bits per heavy atom. The smallest absolute Gasteiger partial charge is 0.188 e. The van der Waals surface area contributed by atoms with E-state index in [-0.39, 0.29) is 17.6 Å². The fourth-order valence-electron chi connectivity index (χ4n) is 3.21. The molecule has 0 saturated heterocycles. The molecule has 1 heterocycles. The molecule has 3 rings (SSSR count). The van der Waals surface area contributed by atoms with Crippen molar-refractivity contribution in [2.75, 3.05) is 13.1 Å². The number of imidazole rings is 1. The standard InChI is InChI=1S/C22H25F2N5/c23-18-7-3-16(4-8-18)21(17-5-9-19(24)10-6-17)11-13-28-22(25)27-12-1-2-20-14-26-15-29-20/h3-10,14-15,21H,1-2,11-13H2,(H,26,29)(H3,25,27,28). The monoisotopic (exact) mass is 397 g/mol. The van der Waals surface area contributed by atoms with E-state index >= 15 is 0 Å². The number of aliphatic imine (C=N–C) groups is 1. The number of halogens is 2. The van der Waals surface area contributed by atoms with Gasteiger partial charge in [0.2, 0.25) is 0 Å². The first-order valence-electron chi connectivity index (χ1n) is 9.64. The van der Waals surface area contributed by atoms with E-state index in [2.05, 4.69) is 20.3 Å². The molecular weight excluding hydrogens is 372 g/mol. The highest BCUT2D eigenvalue weighted by Crippen LogP contribution is 2.28. The highest BCUT2D eigenvalue weighted by molar-refractivity contribution is 5.77. The number of nitrogens with two attached hydrogens (primary N) is 1. The van der Waals surface area contributed by atoms with Crippen molar-refractivity contribution in [3.63, 3.8) is 0 Å². The number of aromatic amines is 1. The maximum Gasteiger partial charge on any atom is 0.188 e. The van der Waals surface area contributed by atoms with Crippen molar-refractivity contribution in [2.45, 2.75) is 25.2 Å². The minimum absolute atomic E-state index is 0.00289. The Labute approximate surface area is 169 Å². The summed E-state index contributed by atoms with van der Waals surface area (Å²) in [7, 11) is 0. The van der Waals surface area contributed by atoms with Gasteiger partial charge in [0, 0.05) is 30.9 Å². The van der Waals surface area contributed by atoms with Crippen LogP contribution in [-0.2, 0) is 6.42 Å². The second-order valence-corrected chi connectivity index (χ2v) is 6.82. The van der Waals surface area contributed by atoms with Crippen LogP contribution in [0.25, 0.3) is 0 Å². The average molecular weight is 397 g/mol. The Hall–Kier alpha value is -3.22. The fourth-order valence-corrected chi connectivity index (χ4v) is 3.21. The van der Waals surface area contributed by atoms with Crippen LogP contribution >= 0.6 is 0 Å². The summed E-state index contributed by atoms with van der Waals surface area (Å²) in [6.07, 6.45) is 5.91. The normalized spacial score (nSPS) is 11.8. The number of hydrogen-bond donors (Lipinski definition) is 3. The van der Waals surface area contributed by atoms with Gasteiger partial charge < -0.3 is 16.0 Å². The van der Waals surface area contributed by atoms with Crippen molar-refractivity contribution < 1.29 is 8.78 Å². The summed E-state index contributed by atoms with van der Waals surface area (Å²) in [4.78, 5) is 11.4. The van der Waals surface area contributed by atoms with Gasteiger partial charge in [0.05, 0.1) is 6.33 Å². The number of benzene rings is 2. The summed E-state index contributed by atoms with van der Waals surface area (Å²) in [5, 5.41) is 3.13. The van der Waals surface area contributed by atoms with Crippen LogP contribution in [0.15, 0.2) is 66.0 Å². The SMILES string of the molecule is NC(=NCCCc1cnc[nH]1)NCCC(c1ccc(F)cc1)c1ccc(F)cc1. The van der Waals surface area contributed by atoms with Crippen LogP contribution in [0.2, 0.25) is 0 Å². The van der Waals surface area contributed by atoms with Crippen molar-refractivity contribution in [1.29, 1.82) is 0 Å². The highest BCUT2D eigenvalue weighted by Gasteiger charge is 2.14. The zero-order valence-electron chi connectivity index (χ0n) is 16.1. The highest BCUT2D eigenvalue weighted by atomic mass is 19.1. The van der Waals surface area contributed by atoms with Crippen LogP contribution in [-0.4, -0.2) is 29.0 Å². The zero-order chi connectivity index (χ0) is 20.5. The number of nitrogens with one attached hydrogen (secondary N) is 2. The second kappa shape index (κ2) is 10.4. The van der Waals surface area contributed by atoms with Gasteiger partial charge in [-0.3, -0.25) is 4.99 Å². The number of aryl methyl sites for hydroxylation is 1. The molecule has 1 aromatic heterocycles. The molecule has 0 aliphatic heterocycles. The molecule has 152 valence electrons. The summed E-state index contributed by atoms with van der Waals surface area (Å²) in [5.74, 6) is -0.170. The van der Waals surface area contributed by atoms with Crippen molar-refractivity contribution in [3.05, 3.63) is 89.5 Å². The molecule has 0 fully saturated rings. The molecule has 0 aliphatic carbocycles. The van der Waals surface area contributed by atoms with Crippen LogP contribution in [0.5, 0.6) is 0 Å². The lowest BCUT2D eigenvalue weighted by Crippen LogP contribution is -2.33. The lowest BCUT2D eigenvalue weighted by Gasteiger charge is -2.19. The van der Waals surface area contributed by atoms with Gasteiger partial charge in [0.15, 0.2) is 5.96 Å². The van der Waals surface area contributed by atoms with Gasteiger partial charge in [-0.2, -0.15) is 0 Å². The Balaban J connectivity index is 1.54. The van der Waals surface area contributed by atoms with E-state index in [0.29, 0.717) is 25.5 Å². The molecule has 0 aliphatic rings. The van der Waals surface area contributed by atoms with Crippen LogP contribution < -0.4 is 11.1 Å². The van der Waals surface area contributed by atoms with Gasteiger partial charge in [-0.15, -0.1) is 0 Å². The molecule has 0 amide bonds. The number of hydrogen-bond acceptors (Lipinski definition) is 2. The lowest BCUT2D eigenvalue weighted by molar-refractivity contribution is 0.621. The summed E-state index contributed by atoms with van der Waals surface area (Å²) >= 11 is 0. The third kappa shape index (κ3) is 6.41. The van der Waals surface area contributed by atoms with E-state index < -0.39 is 0 Å². The third-order valence-corrected chi connectivity index (χ3v) is 4.73. The molecule has 7 heteroatoms. The van der Waals surface area contributed by atoms with Gasteiger partial charge in [-0.05, 0) is 54.7 Å². The van der Waals surface area contributed by atoms with Crippen molar-refractivity contribution >= 4 is 5.96 Å². The average Bonchev–Trinajstić information content (AvgIpc) is 3.24. The predicted molar refractivity (Wildman–Crippen MR) is 111 cm³/mol. The summed E-state index contributed by atoms with van der Waals surface area (Å²) in [6.45, 7) is 1.21. The van der Waals surface area contributed by atoms with Crippen LogP contribution in [0.4, 0.5) is 8.78 Å². The molecule has 0 atom stereocenters. The minimum atomic E-state index is -0.281. The zero-order valence-corrected chi connectivity index (χ0v) is 16.1. The molecule has 0 bridgehead atoms. The third-order valence-electron chi connectivity index (χ3n) is 4.73. The summed E-state index contributed by atoms with van der Waals surface area (Å²) in [5.41, 5.74) is 8.97. The van der Waals surface area contributed by atoms with Gasteiger partial charge >= 0.3 is 0 Å². The number of H-pyrrole nitrogens is 1. The Bertz CT molecular complexity index is 844. The number of rotatable bonds is 9. The van der Waals surface area contributed by atoms with E-state index in [1.165, 1.54) is 24.3 Å². The second-order valence-electron chi connectivity index (χ2n) is 6.82. The van der Waals surface area contributed by atoms with Crippen LogP contribution in [0.3, 0.4) is 0 Å². The molecule has 0 spiro atoms. The van der Waals surface area contributed by atoms with Crippen LogP contribution in [0, 0.1) is 11.6 Å². The fraction of sp³-hybridized carbons (Fsp3) is 0.273. The number of nitrogens with zero attached hydrogens (tertiary/aromatic N) is 2. The summed E-state index contributed by atoms with van der Waals surface area (Å²) < 4.78 is 26.6. The van der Waals surface area contributed by atoms with E-state index in [9.17, 15) is 8.78 Å². The quantitative estimate of drug-likeness (QED) is 0.292.